The van der Waals surface area contributed by atoms with Gasteiger partial charge in [-0.2, -0.15) is 0 Å². The standard InChI is InChI=1S/C35H40F2N6O8S/c1-20(2)19-51-32(46)27(15-21-7-12-29(38-18-21)42-30(44)13-14-41(6)34(42)48)40-31(45)24-16-26(37)28(17-25(24)36)43(52(49)50)23-10-8-22(9-11-23)39-33(47)35(3,4)5/h7-12,16-18,20,27,52H,13-15,19H2,1-6H3,(H,39,47)(H,40,45)/t27-/m0/s1. The summed E-state index contributed by atoms with van der Waals surface area (Å²) in [6.45, 7) is 8.98. The van der Waals surface area contributed by atoms with Crippen molar-refractivity contribution < 1.29 is 45.9 Å². The molecule has 14 nitrogen and oxygen atoms in total. The monoisotopic (exact) mass is 742 g/mol. The van der Waals surface area contributed by atoms with Gasteiger partial charge in [-0.3, -0.25) is 14.4 Å². The van der Waals surface area contributed by atoms with Gasteiger partial charge in [-0.05, 0) is 47.9 Å². The summed E-state index contributed by atoms with van der Waals surface area (Å²) in [6.07, 6.45) is 1.20. The second-order valence-corrected chi connectivity index (χ2v) is 14.4. The second kappa shape index (κ2) is 16.3. The molecule has 1 aromatic heterocycles. The van der Waals surface area contributed by atoms with Crippen LogP contribution in [0.3, 0.4) is 0 Å². The molecule has 0 bridgehead atoms. The van der Waals surface area contributed by atoms with Crippen molar-refractivity contribution in [2.45, 2.75) is 53.5 Å². The molecule has 5 amide bonds. The molecule has 2 aromatic carbocycles. The van der Waals surface area contributed by atoms with Crippen molar-refractivity contribution in [1.29, 1.82) is 0 Å². The molecule has 52 heavy (non-hydrogen) atoms. The van der Waals surface area contributed by atoms with Crippen LogP contribution in [0.1, 0.15) is 57.0 Å². The highest BCUT2D eigenvalue weighted by atomic mass is 32.2. The van der Waals surface area contributed by atoms with Gasteiger partial charge in [0.15, 0.2) is 0 Å². The van der Waals surface area contributed by atoms with Crippen molar-refractivity contribution >= 4 is 63.5 Å². The van der Waals surface area contributed by atoms with Gasteiger partial charge in [0.2, 0.25) is 22.7 Å². The van der Waals surface area contributed by atoms with Crippen molar-refractivity contribution in [2.24, 2.45) is 11.3 Å². The number of aromatic nitrogens is 1. The van der Waals surface area contributed by atoms with Gasteiger partial charge in [0.25, 0.3) is 5.91 Å². The third-order valence-electron chi connectivity index (χ3n) is 7.78. The summed E-state index contributed by atoms with van der Waals surface area (Å²) < 4.78 is 61.4. The van der Waals surface area contributed by atoms with Crippen LogP contribution >= 0.6 is 0 Å². The van der Waals surface area contributed by atoms with Crippen LogP contribution in [0.2, 0.25) is 0 Å². The first kappa shape index (κ1) is 39.3. The minimum Gasteiger partial charge on any atom is -0.464 e. The fraction of sp³-hybridized carbons (Fsp3) is 0.371. The predicted molar refractivity (Wildman–Crippen MR) is 188 cm³/mol. The maximum absolute atomic E-state index is 15.5. The van der Waals surface area contributed by atoms with E-state index in [9.17, 15) is 32.4 Å². The number of benzene rings is 2. The predicted octanol–water partition coefficient (Wildman–Crippen LogP) is 4.34. The molecular formula is C35H40F2N6O8S. The van der Waals surface area contributed by atoms with E-state index in [2.05, 4.69) is 15.6 Å². The van der Waals surface area contributed by atoms with E-state index in [1.165, 1.54) is 47.5 Å². The number of carbonyl (C=O) groups excluding carboxylic acids is 5. The van der Waals surface area contributed by atoms with Crippen LogP contribution in [0.5, 0.6) is 0 Å². The van der Waals surface area contributed by atoms with E-state index in [1.54, 1.807) is 41.7 Å². The Morgan fingerprint density at radius 2 is 1.69 bits per heavy atom. The molecule has 2 N–H and O–H groups in total. The van der Waals surface area contributed by atoms with Gasteiger partial charge in [-0.1, -0.05) is 40.7 Å². The van der Waals surface area contributed by atoms with E-state index < -0.39 is 69.0 Å². The Hall–Kier alpha value is -5.45. The maximum Gasteiger partial charge on any atom is 0.332 e. The summed E-state index contributed by atoms with van der Waals surface area (Å²) in [5.74, 6) is -5.35. The van der Waals surface area contributed by atoms with E-state index >= 15 is 8.78 Å². The molecule has 0 unspecified atom stereocenters. The number of hydrogen-bond donors (Lipinski definition) is 3. The number of carbonyl (C=O) groups is 5. The Morgan fingerprint density at radius 3 is 2.27 bits per heavy atom. The quantitative estimate of drug-likeness (QED) is 0.180. The number of nitrogens with zero attached hydrogens (tertiary/aromatic N) is 4. The van der Waals surface area contributed by atoms with Gasteiger partial charge >= 0.3 is 12.0 Å². The molecule has 1 fully saturated rings. The highest BCUT2D eigenvalue weighted by Crippen LogP contribution is 2.31. The molecular weight excluding hydrogens is 702 g/mol. The van der Waals surface area contributed by atoms with Crippen LogP contribution in [0, 0.1) is 23.0 Å². The highest BCUT2D eigenvalue weighted by Gasteiger charge is 2.33. The number of nitrogens with one attached hydrogen (secondary N) is 2. The van der Waals surface area contributed by atoms with Crippen molar-refractivity contribution in [1.82, 2.24) is 15.2 Å². The van der Waals surface area contributed by atoms with Gasteiger partial charge in [-0.15, -0.1) is 0 Å². The number of rotatable bonds is 12. The van der Waals surface area contributed by atoms with Crippen molar-refractivity contribution in [3.8, 4) is 0 Å². The van der Waals surface area contributed by atoms with Crippen molar-refractivity contribution in [3.63, 3.8) is 0 Å². The molecule has 1 aliphatic heterocycles. The highest BCUT2D eigenvalue weighted by molar-refractivity contribution is 7.74. The first-order valence-electron chi connectivity index (χ1n) is 16.2. The van der Waals surface area contributed by atoms with Gasteiger partial charge in [0.05, 0.1) is 23.5 Å². The second-order valence-electron chi connectivity index (χ2n) is 13.5. The molecule has 3 aromatic rings. The minimum absolute atomic E-state index is 0.0000751. The van der Waals surface area contributed by atoms with Crippen molar-refractivity contribution in [3.05, 3.63) is 77.5 Å². The molecule has 0 saturated carbocycles. The lowest BCUT2D eigenvalue weighted by Crippen LogP contribution is -2.51. The molecule has 1 atom stereocenters. The van der Waals surface area contributed by atoms with Gasteiger partial charge in [0, 0.05) is 49.8 Å². The lowest BCUT2D eigenvalue weighted by Gasteiger charge is -2.30. The number of urea groups is 1. The van der Waals surface area contributed by atoms with Gasteiger partial charge < -0.3 is 20.3 Å². The summed E-state index contributed by atoms with van der Waals surface area (Å²) in [5.41, 5.74) is -1.59. The van der Waals surface area contributed by atoms with Crippen molar-refractivity contribution in [2.75, 3.05) is 34.7 Å². The zero-order valence-electron chi connectivity index (χ0n) is 29.4. The number of amides is 5. The molecule has 0 radical (unpaired) electrons. The minimum atomic E-state index is -3.56. The van der Waals surface area contributed by atoms with Crippen LogP contribution in [-0.2, 0) is 36.4 Å². The fourth-order valence-electron chi connectivity index (χ4n) is 4.86. The third-order valence-corrected chi connectivity index (χ3v) is 8.55. The Morgan fingerprint density at radius 1 is 1.02 bits per heavy atom. The number of hydrogen-bond acceptors (Lipinski definition) is 9. The largest absolute Gasteiger partial charge is 0.464 e. The zero-order valence-corrected chi connectivity index (χ0v) is 30.3. The first-order valence-corrected chi connectivity index (χ1v) is 17.4. The number of anilines is 4. The molecule has 1 saturated heterocycles. The van der Waals surface area contributed by atoms with Gasteiger partial charge in [0.1, 0.15) is 23.5 Å². The number of halogens is 2. The Kier molecular flexibility index (Phi) is 12.3. The number of imide groups is 1. The molecule has 0 aliphatic carbocycles. The topological polar surface area (TPSA) is 175 Å². The van der Waals surface area contributed by atoms with Gasteiger partial charge in [-0.25, -0.2) is 41.0 Å². The maximum atomic E-state index is 15.5. The van der Waals surface area contributed by atoms with Crippen LogP contribution in [-0.4, -0.2) is 74.3 Å². The average molecular weight is 743 g/mol. The number of ether oxygens (including phenoxy) is 1. The normalized spacial score (nSPS) is 14.0. The summed E-state index contributed by atoms with van der Waals surface area (Å²) >= 11 is 0. The molecule has 1 aliphatic rings. The Balaban J connectivity index is 1.57. The lowest BCUT2D eigenvalue weighted by molar-refractivity contribution is -0.147. The Labute approximate surface area is 301 Å². The molecule has 278 valence electrons. The smallest absolute Gasteiger partial charge is 0.332 e. The number of thiol groups is 1. The molecule has 0 spiro atoms. The third kappa shape index (κ3) is 9.45. The summed E-state index contributed by atoms with van der Waals surface area (Å²) in [6, 6.07) is 7.36. The van der Waals surface area contributed by atoms with E-state index in [-0.39, 0.29) is 49.3 Å². The summed E-state index contributed by atoms with van der Waals surface area (Å²) in [5, 5.41) is 5.04. The van der Waals surface area contributed by atoms with Crippen LogP contribution in [0.4, 0.5) is 36.5 Å². The summed E-state index contributed by atoms with van der Waals surface area (Å²) in [4.78, 5) is 70.1. The number of pyridine rings is 1. The average Bonchev–Trinajstić information content (AvgIpc) is 3.07. The van der Waals surface area contributed by atoms with Crippen LogP contribution in [0.15, 0.2) is 54.7 Å². The lowest BCUT2D eigenvalue weighted by atomic mass is 9.95. The first-order chi connectivity index (χ1) is 24.4. The molecule has 17 heteroatoms. The SMILES string of the molecule is CC(C)COC(=O)[C@H](Cc1ccc(N2C(=O)CCN(C)C2=O)nc1)NC(=O)c1cc(F)c(N(c2ccc(NC(=O)C(C)(C)C)cc2)[SH](=O)=O)cc1F. The van der Waals surface area contributed by atoms with E-state index in [4.69, 9.17) is 4.74 Å². The van der Waals surface area contributed by atoms with Crippen LogP contribution in [0.25, 0.3) is 0 Å². The zero-order chi connectivity index (χ0) is 38.5. The molecule has 4 rings (SSSR count). The van der Waals surface area contributed by atoms with E-state index in [1.807, 2.05) is 0 Å². The molecule has 2 heterocycles. The van der Waals surface area contributed by atoms with Crippen LogP contribution < -0.4 is 19.8 Å². The number of esters is 1. The van der Waals surface area contributed by atoms with E-state index in [0.717, 1.165) is 4.90 Å². The van der Waals surface area contributed by atoms with E-state index in [0.29, 0.717) is 27.7 Å². The Bertz CT molecular complexity index is 1920. The fourth-order valence-corrected chi connectivity index (χ4v) is 5.51. The summed E-state index contributed by atoms with van der Waals surface area (Å²) in [7, 11) is -2.01.